The van der Waals surface area contributed by atoms with Crippen molar-refractivity contribution in [3.8, 4) is 5.75 Å². The molecule has 136 valence electrons. The molecule has 1 heterocycles. The van der Waals surface area contributed by atoms with Crippen molar-refractivity contribution in [2.75, 3.05) is 25.6 Å². The molecule has 0 saturated carbocycles. The van der Waals surface area contributed by atoms with Gasteiger partial charge in [-0.15, -0.1) is 0 Å². The average Bonchev–Trinajstić information content (AvgIpc) is 2.96. The van der Waals surface area contributed by atoms with Crippen LogP contribution in [0.4, 0.5) is 5.69 Å². The summed E-state index contributed by atoms with van der Waals surface area (Å²) >= 11 is 0. The molecule has 3 rings (SSSR count). The van der Waals surface area contributed by atoms with Crippen molar-refractivity contribution in [3.63, 3.8) is 0 Å². The number of nitrogens with one attached hydrogen (secondary N) is 1. The standard InChI is InChI=1S/C19H20N2O5/c1-13-11-14(25-12-18(22)24-2)7-8-15(13)20-9-10-21-16-5-3-4-6-17(16)26-19(21)23/h3-8,11,20H,9-10,12H2,1-2H3. The molecular weight excluding hydrogens is 336 g/mol. The molecule has 0 aliphatic carbocycles. The Bertz CT molecular complexity index is 973. The fourth-order valence-corrected chi connectivity index (χ4v) is 2.65. The normalized spacial score (nSPS) is 10.7. The second-order valence-electron chi connectivity index (χ2n) is 5.76. The third-order valence-corrected chi connectivity index (χ3v) is 4.01. The number of fused-ring (bicyclic) bond motifs is 1. The van der Waals surface area contributed by atoms with E-state index in [-0.39, 0.29) is 12.4 Å². The predicted octanol–water partition coefficient (Wildman–Crippen LogP) is 2.57. The number of nitrogens with zero attached hydrogens (tertiary/aromatic N) is 1. The third kappa shape index (κ3) is 3.88. The number of carbonyl (C=O) groups excluding carboxylic acids is 1. The number of oxazole rings is 1. The molecule has 1 N–H and O–H groups in total. The minimum Gasteiger partial charge on any atom is -0.482 e. The molecule has 0 aliphatic heterocycles. The number of carbonyl (C=O) groups is 1. The van der Waals surface area contributed by atoms with Gasteiger partial charge in [-0.3, -0.25) is 4.57 Å². The number of aryl methyl sites for hydroxylation is 1. The molecule has 2 aromatic carbocycles. The van der Waals surface area contributed by atoms with Crippen molar-refractivity contribution in [1.82, 2.24) is 4.57 Å². The van der Waals surface area contributed by atoms with Gasteiger partial charge in [0.25, 0.3) is 0 Å². The fourth-order valence-electron chi connectivity index (χ4n) is 2.65. The Labute approximate surface area is 150 Å². The molecule has 0 bridgehead atoms. The second-order valence-corrected chi connectivity index (χ2v) is 5.76. The molecule has 3 aromatic rings. The number of methoxy groups -OCH3 is 1. The zero-order chi connectivity index (χ0) is 18.5. The highest BCUT2D eigenvalue weighted by atomic mass is 16.6. The van der Waals surface area contributed by atoms with Gasteiger partial charge in [0.15, 0.2) is 12.2 Å². The van der Waals surface area contributed by atoms with Gasteiger partial charge in [-0.25, -0.2) is 9.59 Å². The minimum absolute atomic E-state index is 0.126. The number of rotatable bonds is 7. The van der Waals surface area contributed by atoms with Crippen molar-refractivity contribution in [3.05, 3.63) is 58.6 Å². The zero-order valence-corrected chi connectivity index (χ0v) is 14.7. The topological polar surface area (TPSA) is 82.7 Å². The number of benzene rings is 2. The summed E-state index contributed by atoms with van der Waals surface area (Å²) in [4.78, 5) is 23.1. The van der Waals surface area contributed by atoms with Gasteiger partial charge in [0.05, 0.1) is 12.6 Å². The van der Waals surface area contributed by atoms with Gasteiger partial charge < -0.3 is 19.2 Å². The van der Waals surface area contributed by atoms with Gasteiger partial charge in [0, 0.05) is 18.8 Å². The molecule has 0 amide bonds. The summed E-state index contributed by atoms with van der Waals surface area (Å²) in [6.45, 7) is 2.86. The maximum atomic E-state index is 12.0. The van der Waals surface area contributed by atoms with Crippen LogP contribution in [-0.2, 0) is 16.1 Å². The number of hydrogen-bond donors (Lipinski definition) is 1. The quantitative estimate of drug-likeness (QED) is 0.655. The van der Waals surface area contributed by atoms with E-state index >= 15 is 0 Å². The number of para-hydroxylation sites is 2. The Balaban J connectivity index is 1.62. The first-order chi connectivity index (χ1) is 12.6. The highest BCUT2D eigenvalue weighted by molar-refractivity contribution is 5.72. The summed E-state index contributed by atoms with van der Waals surface area (Å²) in [6, 6.07) is 12.8. The number of ether oxygens (including phenoxy) is 2. The lowest BCUT2D eigenvalue weighted by Gasteiger charge is -2.12. The summed E-state index contributed by atoms with van der Waals surface area (Å²) in [5.74, 6) is -0.200. The highest BCUT2D eigenvalue weighted by Crippen LogP contribution is 2.21. The lowest BCUT2D eigenvalue weighted by Crippen LogP contribution is -2.19. The first-order valence-electron chi connectivity index (χ1n) is 8.21. The fraction of sp³-hybridized carbons (Fsp3) is 0.263. The Morgan fingerprint density at radius 2 is 2.04 bits per heavy atom. The van der Waals surface area contributed by atoms with Gasteiger partial charge >= 0.3 is 11.7 Å². The highest BCUT2D eigenvalue weighted by Gasteiger charge is 2.08. The minimum atomic E-state index is -0.428. The van der Waals surface area contributed by atoms with Gasteiger partial charge in [-0.05, 0) is 42.8 Å². The number of anilines is 1. The third-order valence-electron chi connectivity index (χ3n) is 4.01. The first-order valence-corrected chi connectivity index (χ1v) is 8.21. The molecule has 0 unspecified atom stereocenters. The Morgan fingerprint density at radius 1 is 1.23 bits per heavy atom. The molecule has 0 saturated heterocycles. The van der Waals surface area contributed by atoms with Crippen LogP contribution < -0.4 is 15.8 Å². The number of aromatic nitrogens is 1. The molecular formula is C19H20N2O5. The van der Waals surface area contributed by atoms with Gasteiger partial charge in [0.2, 0.25) is 0 Å². The van der Waals surface area contributed by atoms with E-state index < -0.39 is 5.97 Å². The Kier molecular flexibility index (Phi) is 5.26. The van der Waals surface area contributed by atoms with E-state index in [0.29, 0.717) is 24.4 Å². The van der Waals surface area contributed by atoms with E-state index in [4.69, 9.17) is 9.15 Å². The van der Waals surface area contributed by atoms with Crippen molar-refractivity contribution >= 4 is 22.8 Å². The zero-order valence-electron chi connectivity index (χ0n) is 14.7. The van der Waals surface area contributed by atoms with Crippen LogP contribution in [0, 0.1) is 6.92 Å². The summed E-state index contributed by atoms with van der Waals surface area (Å²) < 4.78 is 16.7. The summed E-state index contributed by atoms with van der Waals surface area (Å²) in [6.07, 6.45) is 0. The van der Waals surface area contributed by atoms with Gasteiger partial charge in [0.1, 0.15) is 5.75 Å². The Morgan fingerprint density at radius 3 is 2.81 bits per heavy atom. The van der Waals surface area contributed by atoms with Crippen LogP contribution in [0.15, 0.2) is 51.7 Å². The van der Waals surface area contributed by atoms with Crippen LogP contribution in [0.5, 0.6) is 5.75 Å². The van der Waals surface area contributed by atoms with Crippen LogP contribution in [0.3, 0.4) is 0 Å². The lowest BCUT2D eigenvalue weighted by molar-refractivity contribution is -0.142. The van der Waals surface area contributed by atoms with Crippen LogP contribution in [0.25, 0.3) is 11.1 Å². The second kappa shape index (κ2) is 7.77. The summed E-state index contributed by atoms with van der Waals surface area (Å²) in [5.41, 5.74) is 3.26. The monoisotopic (exact) mass is 356 g/mol. The van der Waals surface area contributed by atoms with E-state index in [1.54, 1.807) is 16.7 Å². The van der Waals surface area contributed by atoms with Crippen LogP contribution >= 0.6 is 0 Å². The molecule has 0 fully saturated rings. The van der Waals surface area contributed by atoms with E-state index in [1.807, 2.05) is 37.3 Å². The lowest BCUT2D eigenvalue weighted by atomic mass is 10.2. The largest absolute Gasteiger partial charge is 0.482 e. The first kappa shape index (κ1) is 17.6. The molecule has 1 aromatic heterocycles. The molecule has 0 atom stereocenters. The maximum absolute atomic E-state index is 12.0. The van der Waals surface area contributed by atoms with E-state index in [9.17, 15) is 9.59 Å². The average molecular weight is 356 g/mol. The van der Waals surface area contributed by atoms with E-state index in [1.165, 1.54) is 7.11 Å². The molecule has 7 heteroatoms. The number of esters is 1. The van der Waals surface area contributed by atoms with Crippen LogP contribution in [0.2, 0.25) is 0 Å². The van der Waals surface area contributed by atoms with Crippen molar-refractivity contribution < 1.29 is 18.7 Å². The predicted molar refractivity (Wildman–Crippen MR) is 97.7 cm³/mol. The van der Waals surface area contributed by atoms with E-state index in [2.05, 4.69) is 10.1 Å². The van der Waals surface area contributed by atoms with E-state index in [0.717, 1.165) is 16.8 Å². The van der Waals surface area contributed by atoms with Gasteiger partial charge in [-0.2, -0.15) is 0 Å². The summed E-state index contributed by atoms with van der Waals surface area (Å²) in [7, 11) is 1.32. The Hall–Kier alpha value is -3.22. The molecule has 7 nitrogen and oxygen atoms in total. The van der Waals surface area contributed by atoms with Crippen molar-refractivity contribution in [2.24, 2.45) is 0 Å². The SMILES string of the molecule is COC(=O)COc1ccc(NCCn2c(=O)oc3ccccc32)c(C)c1. The van der Waals surface area contributed by atoms with Crippen molar-refractivity contribution in [2.45, 2.75) is 13.5 Å². The molecule has 0 aliphatic rings. The number of hydrogen-bond acceptors (Lipinski definition) is 6. The maximum Gasteiger partial charge on any atom is 0.420 e. The molecule has 0 radical (unpaired) electrons. The van der Waals surface area contributed by atoms with Crippen LogP contribution in [0.1, 0.15) is 5.56 Å². The smallest absolute Gasteiger partial charge is 0.420 e. The summed E-state index contributed by atoms with van der Waals surface area (Å²) in [5, 5.41) is 3.30. The van der Waals surface area contributed by atoms with Crippen LogP contribution in [-0.4, -0.2) is 30.8 Å². The molecule has 0 spiro atoms. The van der Waals surface area contributed by atoms with Crippen molar-refractivity contribution in [1.29, 1.82) is 0 Å². The molecule has 26 heavy (non-hydrogen) atoms. The van der Waals surface area contributed by atoms with Gasteiger partial charge in [-0.1, -0.05) is 12.1 Å².